The van der Waals surface area contributed by atoms with E-state index < -0.39 is 45.4 Å². The zero-order valence-electron chi connectivity index (χ0n) is 11.1. The fraction of sp³-hybridized carbons (Fsp3) is 0.133. The Balaban J connectivity index is 2.91. The summed E-state index contributed by atoms with van der Waals surface area (Å²) in [5.41, 5.74) is -4.92. The molecule has 0 aliphatic rings. The molecule has 0 aliphatic carbocycles. The van der Waals surface area contributed by atoms with Crippen molar-refractivity contribution in [2.75, 3.05) is 0 Å². The van der Waals surface area contributed by atoms with Gasteiger partial charge >= 0.3 is 12.4 Å². The normalized spacial score (nSPS) is 12.3. The molecule has 2 aromatic rings. The minimum Gasteiger partial charge on any atom is -0.276 e. The van der Waals surface area contributed by atoms with Gasteiger partial charge in [-0.25, -0.2) is 0 Å². The number of halogens is 7. The first-order chi connectivity index (χ1) is 10.5. The van der Waals surface area contributed by atoms with Crippen LogP contribution in [0.25, 0.3) is 11.1 Å². The summed E-state index contributed by atoms with van der Waals surface area (Å²) in [6, 6.07) is 6.18. The van der Waals surface area contributed by atoms with Gasteiger partial charge in [-0.3, -0.25) is 4.79 Å². The molecule has 2 rings (SSSR count). The lowest BCUT2D eigenvalue weighted by atomic mass is 9.91. The fourth-order valence-electron chi connectivity index (χ4n) is 2.19. The van der Waals surface area contributed by atoms with Crippen LogP contribution in [0, 0.1) is 0 Å². The molecule has 0 fully saturated rings. The molecule has 0 amide bonds. The average Bonchev–Trinajstić information content (AvgIpc) is 2.44. The van der Waals surface area contributed by atoms with E-state index in [1.54, 1.807) is 0 Å². The molecule has 0 unspecified atom stereocenters. The van der Waals surface area contributed by atoms with Gasteiger partial charge in [0.15, 0.2) is 0 Å². The van der Waals surface area contributed by atoms with E-state index in [0.717, 1.165) is 30.3 Å². The molecule has 1 nitrogen and oxygen atoms in total. The van der Waals surface area contributed by atoms with Gasteiger partial charge in [0, 0.05) is 11.1 Å². The van der Waals surface area contributed by atoms with Crippen LogP contribution in [0.1, 0.15) is 21.5 Å². The molecule has 0 atom stereocenters. The maximum Gasteiger partial charge on any atom is 0.417 e. The van der Waals surface area contributed by atoms with Gasteiger partial charge in [-0.2, -0.15) is 26.3 Å². The number of carbonyl (C=O) groups excluding carboxylic acids is 1. The van der Waals surface area contributed by atoms with Crippen LogP contribution in [-0.4, -0.2) is 5.24 Å². The van der Waals surface area contributed by atoms with Gasteiger partial charge in [-0.1, -0.05) is 24.3 Å². The van der Waals surface area contributed by atoms with Crippen molar-refractivity contribution in [3.05, 3.63) is 59.2 Å². The molecule has 0 heterocycles. The van der Waals surface area contributed by atoms with Gasteiger partial charge in [-0.15, -0.1) is 0 Å². The van der Waals surface area contributed by atoms with E-state index in [2.05, 4.69) is 0 Å². The quantitative estimate of drug-likeness (QED) is 0.495. The molecule has 2 aromatic carbocycles. The van der Waals surface area contributed by atoms with E-state index >= 15 is 0 Å². The predicted molar refractivity (Wildman–Crippen MR) is 72.1 cm³/mol. The Morgan fingerprint density at radius 2 is 1.30 bits per heavy atom. The van der Waals surface area contributed by atoms with Crippen LogP contribution >= 0.6 is 11.6 Å². The standard InChI is InChI=1S/C15H7ClF6O/c16-13(23)9-5-3-7-11(15(20,21)22)12(9)8-4-1-2-6-10(8)14(17,18)19/h1-7H. The van der Waals surface area contributed by atoms with Gasteiger partial charge < -0.3 is 0 Å². The summed E-state index contributed by atoms with van der Waals surface area (Å²) in [5, 5.41) is -1.27. The Bertz CT molecular complexity index is 748. The van der Waals surface area contributed by atoms with Crippen LogP contribution in [-0.2, 0) is 12.4 Å². The van der Waals surface area contributed by atoms with Crippen LogP contribution in [0.15, 0.2) is 42.5 Å². The zero-order valence-corrected chi connectivity index (χ0v) is 11.9. The molecular weight excluding hydrogens is 346 g/mol. The van der Waals surface area contributed by atoms with E-state index in [9.17, 15) is 31.1 Å². The zero-order chi connectivity index (χ0) is 17.4. The van der Waals surface area contributed by atoms with Crippen LogP contribution in [0.4, 0.5) is 26.3 Å². The average molecular weight is 353 g/mol. The Hall–Kier alpha value is -2.02. The van der Waals surface area contributed by atoms with Crippen molar-refractivity contribution in [1.29, 1.82) is 0 Å². The molecule has 0 N–H and O–H groups in total. The second-order valence-corrected chi connectivity index (χ2v) is 4.89. The van der Waals surface area contributed by atoms with Crippen molar-refractivity contribution in [3.63, 3.8) is 0 Å². The SMILES string of the molecule is O=C(Cl)c1cccc(C(F)(F)F)c1-c1ccccc1C(F)(F)F. The highest BCUT2D eigenvalue weighted by Crippen LogP contribution is 2.44. The van der Waals surface area contributed by atoms with Gasteiger partial charge in [-0.05, 0) is 35.4 Å². The number of hydrogen-bond donors (Lipinski definition) is 0. The van der Waals surface area contributed by atoms with E-state index in [-0.39, 0.29) is 0 Å². The lowest BCUT2D eigenvalue weighted by Gasteiger charge is -2.19. The summed E-state index contributed by atoms with van der Waals surface area (Å²) in [6.45, 7) is 0. The van der Waals surface area contributed by atoms with Gasteiger partial charge in [0.25, 0.3) is 5.24 Å². The summed E-state index contributed by atoms with van der Waals surface area (Å²) in [7, 11) is 0. The number of rotatable bonds is 2. The summed E-state index contributed by atoms with van der Waals surface area (Å²) in [4.78, 5) is 11.4. The largest absolute Gasteiger partial charge is 0.417 e. The van der Waals surface area contributed by atoms with Gasteiger partial charge in [0.1, 0.15) is 0 Å². The second-order valence-electron chi connectivity index (χ2n) is 4.54. The molecule has 0 spiro atoms. The highest BCUT2D eigenvalue weighted by atomic mass is 35.5. The minimum atomic E-state index is -4.95. The van der Waals surface area contributed by atoms with Crippen molar-refractivity contribution in [2.24, 2.45) is 0 Å². The van der Waals surface area contributed by atoms with Crippen LogP contribution in [0.3, 0.4) is 0 Å². The Morgan fingerprint density at radius 3 is 1.83 bits per heavy atom. The molecule has 0 bridgehead atoms. The number of alkyl halides is 6. The predicted octanol–water partition coefficient (Wildman–Crippen LogP) is 5.77. The molecule has 0 radical (unpaired) electrons. The van der Waals surface area contributed by atoms with Crippen molar-refractivity contribution in [1.82, 2.24) is 0 Å². The summed E-state index contributed by atoms with van der Waals surface area (Å²) in [6.07, 6.45) is -9.83. The van der Waals surface area contributed by atoms with E-state index in [4.69, 9.17) is 11.6 Å². The van der Waals surface area contributed by atoms with Gasteiger partial charge in [0.05, 0.1) is 11.1 Å². The maximum absolute atomic E-state index is 13.2. The maximum atomic E-state index is 13.2. The third kappa shape index (κ3) is 3.50. The topological polar surface area (TPSA) is 17.1 Å². The molecule has 0 aromatic heterocycles. The third-order valence-corrected chi connectivity index (χ3v) is 3.29. The summed E-state index contributed by atoms with van der Waals surface area (Å²) in [5.74, 6) is 0. The summed E-state index contributed by atoms with van der Waals surface area (Å²) >= 11 is 5.26. The summed E-state index contributed by atoms with van der Waals surface area (Å²) < 4.78 is 78.8. The smallest absolute Gasteiger partial charge is 0.276 e. The molecule has 23 heavy (non-hydrogen) atoms. The Labute approximate surface area is 131 Å². The number of hydrogen-bond acceptors (Lipinski definition) is 1. The number of carbonyl (C=O) groups is 1. The lowest BCUT2D eigenvalue weighted by molar-refractivity contribution is -0.139. The van der Waals surface area contributed by atoms with Crippen molar-refractivity contribution >= 4 is 16.8 Å². The first-order valence-electron chi connectivity index (χ1n) is 6.10. The third-order valence-electron chi connectivity index (χ3n) is 3.08. The highest BCUT2D eigenvalue weighted by Gasteiger charge is 2.39. The first-order valence-corrected chi connectivity index (χ1v) is 6.48. The van der Waals surface area contributed by atoms with Crippen LogP contribution in [0.5, 0.6) is 0 Å². The Kier molecular flexibility index (Phi) is 4.43. The molecule has 8 heteroatoms. The van der Waals surface area contributed by atoms with E-state index in [1.165, 1.54) is 0 Å². The highest BCUT2D eigenvalue weighted by molar-refractivity contribution is 6.68. The first kappa shape index (κ1) is 17.3. The number of benzene rings is 2. The molecule has 0 saturated heterocycles. The molecule has 122 valence electrons. The van der Waals surface area contributed by atoms with Crippen molar-refractivity contribution < 1.29 is 31.1 Å². The molecular formula is C15H7ClF6O. The van der Waals surface area contributed by atoms with Crippen LogP contribution < -0.4 is 0 Å². The van der Waals surface area contributed by atoms with Crippen molar-refractivity contribution in [3.8, 4) is 11.1 Å². The molecule has 0 saturated carbocycles. The van der Waals surface area contributed by atoms with E-state index in [0.29, 0.717) is 12.1 Å². The van der Waals surface area contributed by atoms with Crippen LogP contribution in [0.2, 0.25) is 0 Å². The fourth-order valence-corrected chi connectivity index (χ4v) is 2.35. The van der Waals surface area contributed by atoms with Crippen molar-refractivity contribution in [2.45, 2.75) is 12.4 Å². The lowest BCUT2D eigenvalue weighted by Crippen LogP contribution is -2.13. The Morgan fingerprint density at radius 1 is 0.783 bits per heavy atom. The van der Waals surface area contributed by atoms with E-state index in [1.807, 2.05) is 0 Å². The van der Waals surface area contributed by atoms with Gasteiger partial charge in [0.2, 0.25) is 0 Å². The molecule has 0 aliphatic heterocycles. The second kappa shape index (κ2) is 5.88. The minimum absolute atomic E-state index is 0.603. The monoisotopic (exact) mass is 352 g/mol.